The maximum atomic E-state index is 14.7. The highest BCUT2D eigenvalue weighted by atomic mass is 35.5. The van der Waals surface area contributed by atoms with Gasteiger partial charge >= 0.3 is 5.97 Å². The number of likely N-dealkylation sites (tertiary alicyclic amines) is 1. The molecule has 3 aromatic rings. The minimum Gasteiger partial charge on any atom is -0.481 e. The van der Waals surface area contributed by atoms with Crippen LogP contribution in [0, 0.1) is 37.9 Å². The fourth-order valence-electron chi connectivity index (χ4n) is 7.64. The highest BCUT2D eigenvalue weighted by molar-refractivity contribution is 7.36. The van der Waals surface area contributed by atoms with Gasteiger partial charge in [-0.3, -0.25) is 19.4 Å². The molecule has 1 spiro atoms. The van der Waals surface area contributed by atoms with Crippen molar-refractivity contribution in [2.45, 2.75) is 98.6 Å². The Morgan fingerprint density at radius 2 is 1.71 bits per heavy atom. The molecule has 2 atom stereocenters. The zero-order valence-corrected chi connectivity index (χ0v) is 33.2. The fraction of sp³-hybridized carbons (Fsp3) is 0.512. The molecule has 1 amide bonds. The van der Waals surface area contributed by atoms with Crippen molar-refractivity contribution in [2.24, 2.45) is 16.3 Å². The van der Waals surface area contributed by atoms with Gasteiger partial charge in [-0.1, -0.05) is 47.5 Å². The van der Waals surface area contributed by atoms with Crippen molar-refractivity contribution in [1.29, 1.82) is 0 Å². The number of hydrogen-bond acceptors (Lipinski definition) is 5. The van der Waals surface area contributed by atoms with Gasteiger partial charge in [0.25, 0.3) is 11.5 Å². The molecular weight excluding hydrogens is 698 g/mol. The first kappa shape index (κ1) is 41.4. The average molecular weight is 753 g/mol. The van der Waals surface area contributed by atoms with E-state index in [-0.39, 0.29) is 29.0 Å². The summed E-state index contributed by atoms with van der Waals surface area (Å²) in [7, 11) is 2.30. The number of carboxylic acid groups (broad SMARTS) is 1. The number of aliphatic imine (C=N–C) groups is 1. The largest absolute Gasteiger partial charge is 0.481 e. The third kappa shape index (κ3) is 11.1. The van der Waals surface area contributed by atoms with Crippen molar-refractivity contribution in [1.82, 2.24) is 14.8 Å². The number of carboxylic acids is 1. The number of carbonyl (C=O) groups excluding carboxylic acids is 1. The molecule has 5 rings (SSSR count). The lowest BCUT2D eigenvalue weighted by Gasteiger charge is -2.48. The van der Waals surface area contributed by atoms with E-state index in [1.54, 1.807) is 42.0 Å². The second-order valence-electron chi connectivity index (χ2n) is 15.0. The Hall–Kier alpha value is -3.39. The van der Waals surface area contributed by atoms with Crippen LogP contribution >= 0.6 is 20.8 Å². The van der Waals surface area contributed by atoms with Gasteiger partial charge in [-0.05, 0) is 135 Å². The minimum absolute atomic E-state index is 0.173. The van der Waals surface area contributed by atoms with Gasteiger partial charge in [0.2, 0.25) is 0 Å². The predicted molar refractivity (Wildman–Crippen MR) is 213 cm³/mol. The van der Waals surface area contributed by atoms with E-state index in [1.165, 1.54) is 44.7 Å². The summed E-state index contributed by atoms with van der Waals surface area (Å²) in [6, 6.07) is 9.83. The van der Waals surface area contributed by atoms with E-state index in [0.29, 0.717) is 35.0 Å². The predicted octanol–water partition coefficient (Wildman–Crippen LogP) is 8.77. The molecule has 1 unspecified atom stereocenters. The van der Waals surface area contributed by atoms with Crippen LogP contribution in [0.1, 0.15) is 104 Å². The fourth-order valence-corrected chi connectivity index (χ4v) is 8.17. The summed E-state index contributed by atoms with van der Waals surface area (Å²) in [6.45, 7) is 14.8. The monoisotopic (exact) mass is 752 g/mol. The normalized spacial score (nSPS) is 15.8. The van der Waals surface area contributed by atoms with Gasteiger partial charge in [0.05, 0.1) is 12.5 Å². The van der Waals surface area contributed by atoms with Gasteiger partial charge in [-0.2, -0.15) is 0 Å². The third-order valence-corrected chi connectivity index (χ3v) is 10.6. The van der Waals surface area contributed by atoms with Crippen molar-refractivity contribution < 1.29 is 19.1 Å². The zero-order valence-electron chi connectivity index (χ0n) is 31.3. The number of pyridine rings is 1. The van der Waals surface area contributed by atoms with E-state index in [9.17, 15) is 18.8 Å². The van der Waals surface area contributed by atoms with Crippen molar-refractivity contribution in [3.63, 3.8) is 0 Å². The van der Waals surface area contributed by atoms with Crippen LogP contribution in [0.15, 0.2) is 52.4 Å². The number of unbranched alkanes of at least 4 members (excludes halogenated alkanes) is 1. The van der Waals surface area contributed by atoms with E-state index in [2.05, 4.69) is 38.3 Å². The number of halogens is 2. The molecule has 0 bridgehead atoms. The second kappa shape index (κ2) is 19.1. The van der Waals surface area contributed by atoms with Crippen molar-refractivity contribution in [2.75, 3.05) is 26.2 Å². The Morgan fingerprint density at radius 1 is 1.06 bits per heavy atom. The number of nitrogens with one attached hydrogen (secondary N) is 1. The summed E-state index contributed by atoms with van der Waals surface area (Å²) in [6.07, 6.45) is 10.2. The Kier molecular flexibility index (Phi) is 15.2. The molecular formula is C41H55ClFN4O4P. The van der Waals surface area contributed by atoms with E-state index < -0.39 is 17.8 Å². The lowest BCUT2D eigenvalue weighted by molar-refractivity contribution is -0.137. The standard InChI is InChI=1S/C22H35N3O2.C19H20ClFNO2P/c1-18(2)9-12-23-20(26)19-8-7-15-25(21(19)27)14-6-5-13-24-16-22(17-24)10-3-4-11-22;1-10-5-14(20)6-11(2)18(10)13-4-12(3)19(21)15(7-13)16(22-9-25)8-17(23)24/h7-8,15,18H,3-6,9-14,16-17H2,1-2H3,(H,23,26);4-7,9,16H,8,25H2,1-3H3,(H,23,24)/t;16-/m.0/s1. The number of nitrogens with zero attached hydrogens (tertiary/aromatic N) is 3. The summed E-state index contributed by atoms with van der Waals surface area (Å²) in [5, 5.41) is 12.6. The van der Waals surface area contributed by atoms with Crippen LogP contribution in [0.4, 0.5) is 4.39 Å². The van der Waals surface area contributed by atoms with E-state index in [0.717, 1.165) is 48.1 Å². The summed E-state index contributed by atoms with van der Waals surface area (Å²) in [5.74, 6) is 0.260. The van der Waals surface area contributed by atoms with Crippen molar-refractivity contribution >= 4 is 38.7 Å². The molecule has 0 radical (unpaired) electrons. The first-order valence-corrected chi connectivity index (χ1v) is 19.5. The van der Waals surface area contributed by atoms with E-state index in [4.69, 9.17) is 16.7 Å². The zero-order chi connectivity index (χ0) is 38.0. The average Bonchev–Trinajstić information content (AvgIpc) is 3.55. The van der Waals surface area contributed by atoms with Crippen LogP contribution in [-0.4, -0.2) is 58.6 Å². The Labute approximate surface area is 315 Å². The Morgan fingerprint density at radius 3 is 2.33 bits per heavy atom. The molecule has 282 valence electrons. The summed E-state index contributed by atoms with van der Waals surface area (Å²) in [5.41, 5.74) is 5.24. The number of rotatable bonds is 14. The van der Waals surface area contributed by atoms with Gasteiger partial charge in [0.1, 0.15) is 11.4 Å². The van der Waals surface area contributed by atoms with Crippen LogP contribution in [-0.2, 0) is 11.3 Å². The molecule has 1 saturated carbocycles. The second-order valence-corrected chi connectivity index (χ2v) is 15.7. The summed E-state index contributed by atoms with van der Waals surface area (Å²) >= 11 is 6.10. The molecule has 2 heterocycles. The maximum Gasteiger partial charge on any atom is 0.305 e. The van der Waals surface area contributed by atoms with Crippen molar-refractivity contribution in [3.05, 3.63) is 91.6 Å². The van der Waals surface area contributed by atoms with E-state index >= 15 is 0 Å². The van der Waals surface area contributed by atoms with Crippen LogP contribution in [0.25, 0.3) is 11.1 Å². The number of carbonyl (C=O) groups is 2. The molecule has 8 nitrogen and oxygen atoms in total. The topological polar surface area (TPSA) is 104 Å². The molecule has 1 aliphatic heterocycles. The molecule has 11 heteroatoms. The van der Waals surface area contributed by atoms with Gasteiger partial charge in [-0.15, -0.1) is 0 Å². The van der Waals surface area contributed by atoms with E-state index in [1.807, 2.05) is 26.0 Å². The van der Waals surface area contributed by atoms with Crippen LogP contribution in [0.2, 0.25) is 5.02 Å². The van der Waals surface area contributed by atoms with Gasteiger partial charge in [-0.25, -0.2) is 4.39 Å². The first-order chi connectivity index (χ1) is 24.7. The summed E-state index contributed by atoms with van der Waals surface area (Å²) < 4.78 is 16.4. The summed E-state index contributed by atoms with van der Waals surface area (Å²) in [4.78, 5) is 42.6. The van der Waals surface area contributed by atoms with Gasteiger partial charge in [0.15, 0.2) is 0 Å². The number of benzene rings is 2. The Bertz CT molecular complexity index is 1770. The number of aromatic nitrogens is 1. The quantitative estimate of drug-likeness (QED) is 0.0974. The lowest BCUT2D eigenvalue weighted by atomic mass is 9.78. The smallest absolute Gasteiger partial charge is 0.305 e. The molecule has 1 aliphatic carbocycles. The third-order valence-electron chi connectivity index (χ3n) is 10.2. The highest BCUT2D eigenvalue weighted by Gasteiger charge is 2.43. The Balaban J connectivity index is 0.000000234. The van der Waals surface area contributed by atoms with Crippen LogP contribution in [0.5, 0.6) is 0 Å². The van der Waals surface area contributed by atoms with Gasteiger partial charge in [0, 0.05) is 48.9 Å². The molecule has 1 saturated heterocycles. The SMILES string of the molecule is CC(C)CCNC(=O)c1cccn(CCCCN2CC3(CCCC3)C2)c1=O.Cc1cc(-c2c(C)cc(Cl)cc2C)cc([C@H](CC(=O)O)N=CP)c1F. The van der Waals surface area contributed by atoms with Crippen LogP contribution in [0.3, 0.4) is 0 Å². The number of hydrogen-bond donors (Lipinski definition) is 2. The first-order valence-electron chi connectivity index (χ1n) is 18.5. The van der Waals surface area contributed by atoms with Crippen LogP contribution < -0.4 is 10.9 Å². The molecule has 2 aliphatic rings. The maximum absolute atomic E-state index is 14.7. The molecule has 1 aromatic heterocycles. The molecule has 52 heavy (non-hydrogen) atoms. The lowest BCUT2D eigenvalue weighted by Crippen LogP contribution is -2.54. The number of aliphatic carboxylic acids is 1. The van der Waals surface area contributed by atoms with Crippen molar-refractivity contribution in [3.8, 4) is 11.1 Å². The van der Waals surface area contributed by atoms with Gasteiger partial charge < -0.3 is 19.9 Å². The molecule has 2 aromatic carbocycles. The minimum atomic E-state index is -1.03. The number of amides is 1. The highest BCUT2D eigenvalue weighted by Crippen LogP contribution is 2.45. The molecule has 2 fully saturated rings. The number of aryl methyl sites for hydroxylation is 4. The molecule has 2 N–H and O–H groups in total.